The number of carbonyl (C=O) groups excluding carboxylic acids is 5. The molecule has 8 heteroatoms. The van der Waals surface area contributed by atoms with E-state index in [2.05, 4.69) is 5.32 Å². The molecule has 0 aromatic heterocycles. The number of nitrogens with one attached hydrogen (secondary N) is 1. The molecule has 3 rings (SSSR count). The molecule has 1 saturated heterocycles. The summed E-state index contributed by atoms with van der Waals surface area (Å²) in [5.74, 6) is -2.43. The van der Waals surface area contributed by atoms with E-state index in [1.165, 1.54) is 6.07 Å². The van der Waals surface area contributed by atoms with Crippen LogP contribution in [0.2, 0.25) is 0 Å². The van der Waals surface area contributed by atoms with Crippen LogP contribution in [0.25, 0.3) is 0 Å². The van der Waals surface area contributed by atoms with Gasteiger partial charge in [0.25, 0.3) is 0 Å². The van der Waals surface area contributed by atoms with Crippen molar-refractivity contribution in [2.75, 3.05) is 11.9 Å². The van der Waals surface area contributed by atoms with Crippen molar-refractivity contribution in [1.82, 2.24) is 9.80 Å². The van der Waals surface area contributed by atoms with Crippen LogP contribution >= 0.6 is 0 Å². The van der Waals surface area contributed by atoms with Crippen molar-refractivity contribution in [3.05, 3.63) is 29.3 Å². The van der Waals surface area contributed by atoms with Crippen LogP contribution in [-0.2, 0) is 20.8 Å². The Kier molecular flexibility index (Phi) is 4.12. The molecule has 1 aromatic rings. The van der Waals surface area contributed by atoms with Gasteiger partial charge in [-0.05, 0) is 44.0 Å². The van der Waals surface area contributed by atoms with E-state index in [-0.39, 0.29) is 5.91 Å². The van der Waals surface area contributed by atoms with Gasteiger partial charge in [-0.3, -0.25) is 24.1 Å². The van der Waals surface area contributed by atoms with Crippen LogP contribution in [0.15, 0.2) is 18.2 Å². The number of hydrogen-bond donors (Lipinski definition) is 1. The molecule has 0 bridgehead atoms. The summed E-state index contributed by atoms with van der Waals surface area (Å²) in [5.41, 5.74) is 1.80. The van der Waals surface area contributed by atoms with Crippen molar-refractivity contribution in [2.24, 2.45) is 0 Å². The van der Waals surface area contributed by atoms with E-state index < -0.39 is 36.2 Å². The Morgan fingerprint density at radius 2 is 1.84 bits per heavy atom. The van der Waals surface area contributed by atoms with Crippen LogP contribution in [0.4, 0.5) is 10.5 Å². The highest BCUT2D eigenvalue weighted by Crippen LogP contribution is 2.24. The lowest BCUT2D eigenvalue weighted by Crippen LogP contribution is -2.39. The summed E-state index contributed by atoms with van der Waals surface area (Å²) in [4.78, 5) is 61.4. The van der Waals surface area contributed by atoms with Crippen LogP contribution in [0.5, 0.6) is 0 Å². The van der Waals surface area contributed by atoms with Gasteiger partial charge in [0.15, 0.2) is 5.78 Å². The summed E-state index contributed by atoms with van der Waals surface area (Å²) >= 11 is 0. The Morgan fingerprint density at radius 1 is 1.12 bits per heavy atom. The van der Waals surface area contributed by atoms with Crippen LogP contribution in [0.1, 0.15) is 36.2 Å². The fraction of sp³-hybridized carbons (Fsp3) is 0.353. The molecule has 1 N–H and O–H groups in total. The monoisotopic (exact) mass is 343 g/mol. The lowest BCUT2D eigenvalue weighted by Gasteiger charge is -2.19. The number of carbonyl (C=O) groups is 5. The number of imide groups is 2. The van der Waals surface area contributed by atoms with Crippen molar-refractivity contribution in [3.8, 4) is 0 Å². The smallest absolute Gasteiger partial charge is 0.326 e. The summed E-state index contributed by atoms with van der Waals surface area (Å²) in [6.45, 7) is 2.75. The van der Waals surface area contributed by atoms with Crippen LogP contribution in [0, 0.1) is 0 Å². The van der Waals surface area contributed by atoms with Gasteiger partial charge in [0.2, 0.25) is 5.91 Å². The van der Waals surface area contributed by atoms with Crippen molar-refractivity contribution in [1.29, 1.82) is 0 Å². The largest absolute Gasteiger partial charge is 0.334 e. The molecular weight excluding hydrogens is 326 g/mol. The van der Waals surface area contributed by atoms with Gasteiger partial charge in [0.1, 0.15) is 0 Å². The number of rotatable bonds is 4. The van der Waals surface area contributed by atoms with Crippen molar-refractivity contribution in [3.63, 3.8) is 0 Å². The molecule has 130 valence electrons. The normalized spacial score (nSPS) is 17.2. The lowest BCUT2D eigenvalue weighted by atomic mass is 9.98. The van der Waals surface area contributed by atoms with Crippen molar-refractivity contribution >= 4 is 35.2 Å². The quantitative estimate of drug-likeness (QED) is 0.498. The third kappa shape index (κ3) is 2.90. The van der Waals surface area contributed by atoms with Gasteiger partial charge in [0.05, 0.1) is 6.54 Å². The van der Waals surface area contributed by atoms with Crippen LogP contribution in [-0.4, -0.2) is 51.9 Å². The van der Waals surface area contributed by atoms with E-state index in [4.69, 9.17) is 0 Å². The summed E-state index contributed by atoms with van der Waals surface area (Å²) in [6.07, 6.45) is 0.856. The Morgan fingerprint density at radius 3 is 2.48 bits per heavy atom. The number of nitrogens with zero attached hydrogens (tertiary/aromatic N) is 2. The van der Waals surface area contributed by atoms with Gasteiger partial charge < -0.3 is 5.32 Å². The number of anilines is 1. The maximum atomic E-state index is 12.5. The first-order valence-electron chi connectivity index (χ1n) is 7.94. The second-order valence-electron chi connectivity index (χ2n) is 6.29. The molecule has 0 radical (unpaired) electrons. The fourth-order valence-corrected chi connectivity index (χ4v) is 2.91. The summed E-state index contributed by atoms with van der Waals surface area (Å²) in [7, 11) is 0. The minimum absolute atomic E-state index is 0.0767. The molecule has 1 aromatic carbocycles. The Hall–Kier alpha value is -3.03. The maximum Gasteiger partial charge on any atom is 0.334 e. The zero-order valence-electron chi connectivity index (χ0n) is 13.9. The summed E-state index contributed by atoms with van der Waals surface area (Å²) in [5, 5.41) is 2.72. The summed E-state index contributed by atoms with van der Waals surface area (Å²) < 4.78 is 0. The second kappa shape index (κ2) is 6.12. The van der Waals surface area contributed by atoms with Crippen LogP contribution < -0.4 is 5.32 Å². The SMILES string of the molecule is CC(C)N1C(=O)C(=O)N(CC(=O)c2ccc3c(c2)CCC(=O)N3)C1=O. The second-order valence-corrected chi connectivity index (χ2v) is 6.29. The molecule has 0 aliphatic carbocycles. The molecule has 5 amide bonds. The predicted molar refractivity (Wildman–Crippen MR) is 86.8 cm³/mol. The molecule has 0 atom stereocenters. The molecule has 2 heterocycles. The van der Waals surface area contributed by atoms with Gasteiger partial charge in [-0.15, -0.1) is 0 Å². The van der Waals surface area contributed by atoms with Gasteiger partial charge in [-0.1, -0.05) is 0 Å². The number of amides is 5. The average Bonchev–Trinajstić information content (AvgIpc) is 2.77. The molecule has 1 fully saturated rings. The molecule has 0 saturated carbocycles. The number of ketones is 1. The average molecular weight is 343 g/mol. The number of aryl methyl sites for hydroxylation is 1. The fourth-order valence-electron chi connectivity index (χ4n) is 2.91. The Bertz CT molecular complexity index is 815. The number of hydrogen-bond acceptors (Lipinski definition) is 5. The molecule has 0 unspecified atom stereocenters. The molecule has 25 heavy (non-hydrogen) atoms. The van der Waals surface area contributed by atoms with Gasteiger partial charge >= 0.3 is 17.8 Å². The molecule has 2 aliphatic rings. The highest BCUT2D eigenvalue weighted by atomic mass is 16.2. The van der Waals surface area contributed by atoms with E-state index in [1.807, 2.05) is 0 Å². The Balaban J connectivity index is 1.79. The summed E-state index contributed by atoms with van der Waals surface area (Å²) in [6, 6.07) is 3.56. The standard InChI is InChI=1S/C17H17N3O5/c1-9(2)20-16(24)15(23)19(17(20)25)8-13(21)11-3-5-12-10(7-11)4-6-14(22)18-12/h3,5,7,9H,4,6,8H2,1-2H3,(H,18,22). The van der Waals surface area contributed by atoms with Gasteiger partial charge in [-0.25, -0.2) is 9.69 Å². The van der Waals surface area contributed by atoms with E-state index in [0.29, 0.717) is 29.0 Å². The van der Waals surface area contributed by atoms with E-state index >= 15 is 0 Å². The van der Waals surface area contributed by atoms with Gasteiger partial charge in [-0.2, -0.15) is 0 Å². The highest BCUT2D eigenvalue weighted by Gasteiger charge is 2.46. The first-order valence-corrected chi connectivity index (χ1v) is 7.94. The molecule has 0 spiro atoms. The molecule has 8 nitrogen and oxygen atoms in total. The molecular formula is C17H17N3O5. The highest BCUT2D eigenvalue weighted by molar-refractivity contribution is 6.45. The lowest BCUT2D eigenvalue weighted by molar-refractivity contribution is -0.143. The Labute approximate surface area is 143 Å². The molecule has 2 aliphatic heterocycles. The van der Waals surface area contributed by atoms with Gasteiger partial charge in [0, 0.05) is 23.7 Å². The first-order chi connectivity index (χ1) is 11.8. The number of Topliss-reactive ketones (excluding diaryl/α,β-unsaturated/α-hetero) is 1. The topological polar surface area (TPSA) is 104 Å². The number of fused-ring (bicyclic) bond motifs is 1. The van der Waals surface area contributed by atoms with Crippen LogP contribution in [0.3, 0.4) is 0 Å². The van der Waals surface area contributed by atoms with E-state index in [1.54, 1.807) is 26.0 Å². The van der Waals surface area contributed by atoms with Crippen molar-refractivity contribution in [2.45, 2.75) is 32.7 Å². The zero-order chi connectivity index (χ0) is 18.3. The zero-order valence-corrected chi connectivity index (χ0v) is 13.9. The minimum atomic E-state index is -0.989. The van der Waals surface area contributed by atoms with E-state index in [9.17, 15) is 24.0 Å². The first kappa shape index (κ1) is 16.8. The minimum Gasteiger partial charge on any atom is -0.326 e. The van der Waals surface area contributed by atoms with E-state index in [0.717, 1.165) is 10.5 Å². The number of benzene rings is 1. The van der Waals surface area contributed by atoms with Crippen molar-refractivity contribution < 1.29 is 24.0 Å². The third-order valence-corrected chi connectivity index (χ3v) is 4.22. The third-order valence-electron chi connectivity index (χ3n) is 4.22. The predicted octanol–water partition coefficient (Wildman–Crippen LogP) is 0.953. The maximum absolute atomic E-state index is 12.5. The number of urea groups is 1.